The van der Waals surface area contributed by atoms with Crippen molar-refractivity contribution in [1.29, 1.82) is 0 Å². The average molecular weight is 411 g/mol. The zero-order valence-corrected chi connectivity index (χ0v) is 19.7. The van der Waals surface area contributed by atoms with E-state index in [2.05, 4.69) is 87.5 Å². The predicted octanol–water partition coefficient (Wildman–Crippen LogP) is 8.83. The number of hydrogen-bond donors (Lipinski definition) is 0. The van der Waals surface area contributed by atoms with E-state index in [1.807, 2.05) is 0 Å². The second kappa shape index (κ2) is 10.3. The molecular formula is C31H38. The second-order valence-corrected chi connectivity index (χ2v) is 9.92. The van der Waals surface area contributed by atoms with Gasteiger partial charge in [0.05, 0.1) is 0 Å². The average Bonchev–Trinajstić information content (AvgIpc) is 2.79. The van der Waals surface area contributed by atoms with Gasteiger partial charge in [-0.05, 0) is 97.6 Å². The van der Waals surface area contributed by atoms with Gasteiger partial charge in [-0.3, -0.25) is 0 Å². The van der Waals surface area contributed by atoms with Crippen molar-refractivity contribution in [2.24, 2.45) is 5.92 Å². The first-order valence-corrected chi connectivity index (χ1v) is 12.3. The first-order chi connectivity index (χ1) is 15.1. The zero-order valence-electron chi connectivity index (χ0n) is 19.7. The summed E-state index contributed by atoms with van der Waals surface area (Å²) in [7, 11) is 0. The predicted molar refractivity (Wildman–Crippen MR) is 135 cm³/mol. The molecule has 1 fully saturated rings. The van der Waals surface area contributed by atoms with Gasteiger partial charge in [0.15, 0.2) is 0 Å². The molecule has 0 amide bonds. The lowest BCUT2D eigenvalue weighted by Crippen LogP contribution is -2.10. The highest BCUT2D eigenvalue weighted by Crippen LogP contribution is 2.36. The molecule has 0 nitrogen and oxygen atoms in total. The van der Waals surface area contributed by atoms with Crippen molar-refractivity contribution >= 4 is 0 Å². The molecule has 0 bridgehead atoms. The molecule has 31 heavy (non-hydrogen) atoms. The van der Waals surface area contributed by atoms with Crippen LogP contribution in [0.5, 0.6) is 0 Å². The van der Waals surface area contributed by atoms with Crippen LogP contribution in [0.15, 0.2) is 66.7 Å². The third kappa shape index (κ3) is 5.88. The molecule has 162 valence electrons. The molecule has 1 saturated carbocycles. The molecule has 0 saturated heterocycles. The van der Waals surface area contributed by atoms with Crippen LogP contribution < -0.4 is 0 Å². The van der Waals surface area contributed by atoms with E-state index < -0.39 is 0 Å². The first kappa shape index (κ1) is 21.9. The Morgan fingerprint density at radius 2 is 1.29 bits per heavy atom. The van der Waals surface area contributed by atoms with Crippen molar-refractivity contribution in [2.45, 2.75) is 78.1 Å². The minimum absolute atomic E-state index is 0.772. The van der Waals surface area contributed by atoms with Crippen LogP contribution in [-0.4, -0.2) is 0 Å². The fourth-order valence-electron chi connectivity index (χ4n) is 5.15. The largest absolute Gasteiger partial charge is 0.0625 e. The van der Waals surface area contributed by atoms with Crippen LogP contribution in [0, 0.1) is 19.8 Å². The molecule has 0 aliphatic heterocycles. The fraction of sp³-hybridized carbons (Fsp3) is 0.419. The van der Waals surface area contributed by atoms with Gasteiger partial charge in [-0.2, -0.15) is 0 Å². The summed E-state index contributed by atoms with van der Waals surface area (Å²) in [6.45, 7) is 6.82. The molecule has 1 aliphatic carbocycles. The summed E-state index contributed by atoms with van der Waals surface area (Å²) in [5.74, 6) is 1.69. The smallest absolute Gasteiger partial charge is 0.0155 e. The van der Waals surface area contributed by atoms with Gasteiger partial charge >= 0.3 is 0 Å². The summed E-state index contributed by atoms with van der Waals surface area (Å²) in [5, 5.41) is 0. The highest BCUT2D eigenvalue weighted by Gasteiger charge is 2.19. The minimum Gasteiger partial charge on any atom is -0.0625 e. The van der Waals surface area contributed by atoms with E-state index in [9.17, 15) is 0 Å². The van der Waals surface area contributed by atoms with Crippen LogP contribution in [0.2, 0.25) is 0 Å². The van der Waals surface area contributed by atoms with Crippen LogP contribution in [0.1, 0.15) is 79.2 Å². The summed E-state index contributed by atoms with van der Waals surface area (Å²) in [4.78, 5) is 0. The molecule has 0 N–H and O–H groups in total. The van der Waals surface area contributed by atoms with Crippen molar-refractivity contribution in [1.82, 2.24) is 0 Å². The highest BCUT2D eigenvalue weighted by molar-refractivity contribution is 5.68. The van der Waals surface area contributed by atoms with Crippen molar-refractivity contribution in [3.05, 3.63) is 94.5 Å². The maximum atomic E-state index is 2.40. The number of unbranched alkanes of at least 4 members (excludes halogenated alkanes) is 1. The molecule has 0 atom stereocenters. The summed E-state index contributed by atoms with van der Waals surface area (Å²) in [5.41, 5.74) is 9.95. The van der Waals surface area contributed by atoms with Crippen LogP contribution in [-0.2, 0) is 12.8 Å². The molecule has 0 heterocycles. The van der Waals surface area contributed by atoms with Gasteiger partial charge < -0.3 is 0 Å². The Kier molecular flexibility index (Phi) is 7.28. The van der Waals surface area contributed by atoms with Crippen molar-refractivity contribution in [3.8, 4) is 11.1 Å². The Balaban J connectivity index is 1.32. The van der Waals surface area contributed by atoms with E-state index in [4.69, 9.17) is 0 Å². The van der Waals surface area contributed by atoms with Gasteiger partial charge in [-0.25, -0.2) is 0 Å². The first-order valence-electron chi connectivity index (χ1n) is 12.3. The Hall–Kier alpha value is -2.34. The lowest BCUT2D eigenvalue weighted by molar-refractivity contribution is 0.348. The third-order valence-electron chi connectivity index (χ3n) is 7.30. The Labute approximate surface area is 189 Å². The molecule has 4 rings (SSSR count). The molecule has 0 radical (unpaired) electrons. The van der Waals surface area contributed by atoms with Gasteiger partial charge in [-0.1, -0.05) is 92.1 Å². The maximum Gasteiger partial charge on any atom is -0.0155 e. The fourth-order valence-corrected chi connectivity index (χ4v) is 5.15. The summed E-state index contributed by atoms with van der Waals surface area (Å²) in [6, 6.07) is 25.5. The topological polar surface area (TPSA) is 0 Å². The highest BCUT2D eigenvalue weighted by atomic mass is 14.2. The van der Waals surface area contributed by atoms with Gasteiger partial charge in [0.1, 0.15) is 0 Å². The van der Waals surface area contributed by atoms with E-state index in [0.717, 1.165) is 11.8 Å². The summed E-state index contributed by atoms with van der Waals surface area (Å²) in [6.07, 6.45) is 10.4. The van der Waals surface area contributed by atoms with Gasteiger partial charge in [0.2, 0.25) is 0 Å². The van der Waals surface area contributed by atoms with Crippen molar-refractivity contribution in [3.63, 3.8) is 0 Å². The lowest BCUT2D eigenvalue weighted by atomic mass is 9.79. The maximum absolute atomic E-state index is 2.40. The Morgan fingerprint density at radius 3 is 1.94 bits per heavy atom. The van der Waals surface area contributed by atoms with E-state index in [1.54, 1.807) is 5.56 Å². The van der Waals surface area contributed by atoms with Crippen molar-refractivity contribution < 1.29 is 0 Å². The van der Waals surface area contributed by atoms with E-state index >= 15 is 0 Å². The SMILES string of the molecule is Cc1ccc(CCCCc2ccc(-c3ccc(C4CCC(C)CC4)cc3)c(C)c2)cc1. The number of aryl methyl sites for hydroxylation is 4. The van der Waals surface area contributed by atoms with Crippen LogP contribution in [0.4, 0.5) is 0 Å². The minimum atomic E-state index is 0.772. The second-order valence-electron chi connectivity index (χ2n) is 9.92. The van der Waals surface area contributed by atoms with E-state index in [0.29, 0.717) is 0 Å². The standard InChI is InChI=1S/C31H38/c1-23-8-12-26(13-9-23)6-4-5-7-27-14-21-31(25(3)22-27)30-19-17-29(18-20-30)28-15-10-24(2)11-16-28/h8-9,12-14,17-22,24,28H,4-7,10-11,15-16H2,1-3H3. The molecule has 3 aromatic rings. The molecule has 0 heteroatoms. The zero-order chi connectivity index (χ0) is 21.6. The normalized spacial score (nSPS) is 18.8. The molecular weight excluding hydrogens is 372 g/mol. The summed E-state index contributed by atoms with van der Waals surface area (Å²) >= 11 is 0. The Bertz CT molecular complexity index is 954. The third-order valence-corrected chi connectivity index (χ3v) is 7.30. The van der Waals surface area contributed by atoms with Crippen LogP contribution in [0.3, 0.4) is 0 Å². The van der Waals surface area contributed by atoms with Crippen LogP contribution in [0.25, 0.3) is 11.1 Å². The Morgan fingerprint density at radius 1 is 0.677 bits per heavy atom. The van der Waals surface area contributed by atoms with Gasteiger partial charge in [0, 0.05) is 0 Å². The monoisotopic (exact) mass is 410 g/mol. The molecule has 0 spiro atoms. The number of rotatable bonds is 7. The van der Waals surface area contributed by atoms with Crippen LogP contribution >= 0.6 is 0 Å². The lowest BCUT2D eigenvalue weighted by Gasteiger charge is -2.26. The number of hydrogen-bond acceptors (Lipinski definition) is 0. The van der Waals surface area contributed by atoms with E-state index in [1.165, 1.54) is 84.7 Å². The molecule has 0 aromatic heterocycles. The number of benzene rings is 3. The van der Waals surface area contributed by atoms with Gasteiger partial charge in [-0.15, -0.1) is 0 Å². The molecule has 1 aliphatic rings. The van der Waals surface area contributed by atoms with E-state index in [-0.39, 0.29) is 0 Å². The quantitative estimate of drug-likeness (QED) is 0.341. The van der Waals surface area contributed by atoms with Crippen molar-refractivity contribution in [2.75, 3.05) is 0 Å². The van der Waals surface area contributed by atoms with Gasteiger partial charge in [0.25, 0.3) is 0 Å². The molecule has 0 unspecified atom stereocenters. The summed E-state index contributed by atoms with van der Waals surface area (Å²) < 4.78 is 0. The molecule has 3 aromatic carbocycles.